The first-order chi connectivity index (χ1) is 27.9. The molecule has 58 heavy (non-hydrogen) atoms. The molecule has 306 valence electrons. The third kappa shape index (κ3) is 7.53. The summed E-state index contributed by atoms with van der Waals surface area (Å²) < 4.78 is 16.3. The Labute approximate surface area is 339 Å². The van der Waals surface area contributed by atoms with Crippen molar-refractivity contribution < 1.29 is 29.2 Å². The van der Waals surface area contributed by atoms with Crippen molar-refractivity contribution in [1.29, 1.82) is 0 Å². The normalized spacial score (nSPS) is 31.2. The highest BCUT2D eigenvalue weighted by Crippen LogP contribution is 2.66. The summed E-state index contributed by atoms with van der Waals surface area (Å²) in [5, 5.41) is 26.9. The number of fused-ring (bicyclic) bond motifs is 5. The molecule has 2 aromatic carbocycles. The Hall–Kier alpha value is -5.39. The zero-order valence-electron chi connectivity index (χ0n) is 34.1. The molecule has 5 aliphatic rings. The number of hydrazone groups is 1. The molecule has 1 aliphatic heterocycles. The average molecular weight is 790 g/mol. The van der Waals surface area contributed by atoms with Crippen molar-refractivity contribution in [3.63, 3.8) is 0 Å². The number of aromatic nitrogens is 2. The van der Waals surface area contributed by atoms with Gasteiger partial charge in [0.2, 0.25) is 5.95 Å². The minimum Gasteiger partial charge on any atom is -0.504 e. The van der Waals surface area contributed by atoms with Gasteiger partial charge in [-0.05, 0) is 128 Å². The molecule has 2 heterocycles. The Morgan fingerprint density at radius 3 is 2.34 bits per heavy atom. The number of nitrogens with zero attached hydrogens (tertiary/aromatic N) is 4. The molecule has 4 aliphatic carbocycles. The number of H-pyrrole nitrogens is 1. The third-order valence-corrected chi connectivity index (χ3v) is 14.2. The number of phenolic OH excluding ortho intramolecular Hbond substituents is 2. The van der Waals surface area contributed by atoms with Gasteiger partial charge in [-0.15, -0.1) is 0 Å². The molecule has 12 heteroatoms. The third-order valence-electron chi connectivity index (χ3n) is 14.2. The van der Waals surface area contributed by atoms with Gasteiger partial charge in [0, 0.05) is 30.5 Å². The first-order valence-electron chi connectivity index (χ1n) is 20.7. The zero-order valence-corrected chi connectivity index (χ0v) is 34.1. The lowest BCUT2D eigenvalue weighted by atomic mass is 9.45. The number of esters is 1. The van der Waals surface area contributed by atoms with Crippen LogP contribution in [-0.2, 0) is 9.53 Å². The van der Waals surface area contributed by atoms with Gasteiger partial charge in [-0.3, -0.25) is 14.6 Å². The van der Waals surface area contributed by atoms with E-state index in [-0.39, 0.29) is 46.0 Å². The maximum absolute atomic E-state index is 13.3. The molecule has 0 bridgehead atoms. The van der Waals surface area contributed by atoms with Crippen LogP contribution in [0.15, 0.2) is 69.5 Å². The molecule has 3 N–H and O–H groups in total. The molecule has 12 nitrogen and oxygen atoms in total. The van der Waals surface area contributed by atoms with Crippen molar-refractivity contribution in [3.05, 3.63) is 76.1 Å². The Kier molecular flexibility index (Phi) is 10.7. The standard InChI is InChI=1S/C46H55N5O7/c1-27(52)58-33-18-20-45(2)30(24-33)10-13-34-35-14-17-41(46(35,3)21-19-36(34)45)47-42-26-43(55)49-44(48-42)51-32(12-7-29-9-16-38(54)40(23-29)57-5)25-31(50-51)11-6-28-8-15-37(53)39(22-28)56-4/h6-9,11-12,15-16,22-23,26,30,32-36,53-54H,10,13-14,17-21,24-25H2,1-5H3,(H,48,49,55)/b11-6+,12-7+,47-41+/t30-,32?,33-,34-,35-,36-,45-,46-/m0/s1. The number of aliphatic imine (C=N–C) groups is 1. The van der Waals surface area contributed by atoms with Gasteiger partial charge in [0.1, 0.15) is 6.10 Å². The molecule has 0 amide bonds. The van der Waals surface area contributed by atoms with Gasteiger partial charge in [-0.1, -0.05) is 44.2 Å². The molecule has 1 aromatic heterocycles. The number of rotatable bonds is 9. The SMILES string of the molecule is COc1cc(/C=C/C2=NN(c3nc(/N=C4\CC[C@H]5[C@@H]6CC[C@H]7C[C@@H](OC(C)=O)CC[C@]7(C)[C@H]6CC[C@]45C)cc(=O)[nH]3)C(/C=C/c3ccc(O)c(OC)c3)C2)ccc1O. The lowest BCUT2D eigenvalue weighted by Gasteiger charge is -2.60. The summed E-state index contributed by atoms with van der Waals surface area (Å²) in [6.45, 7) is 6.44. The number of aromatic hydroxyl groups is 2. The number of hydrogen-bond donors (Lipinski definition) is 3. The number of hydrogen-bond acceptors (Lipinski definition) is 11. The molecular formula is C46H55N5O7. The average Bonchev–Trinajstić information content (AvgIpc) is 3.77. The fourth-order valence-corrected chi connectivity index (χ4v) is 11.3. The summed E-state index contributed by atoms with van der Waals surface area (Å²) in [4.78, 5) is 38.2. The first kappa shape index (κ1) is 39.4. The minimum atomic E-state index is -0.302. The van der Waals surface area contributed by atoms with Gasteiger partial charge in [0.15, 0.2) is 28.8 Å². The highest BCUT2D eigenvalue weighted by atomic mass is 16.5. The summed E-state index contributed by atoms with van der Waals surface area (Å²) >= 11 is 0. The molecule has 4 fully saturated rings. The number of nitrogens with one attached hydrogen (secondary N) is 1. The number of carbonyl (C=O) groups is 1. The Morgan fingerprint density at radius 2 is 1.64 bits per heavy atom. The predicted octanol–water partition coefficient (Wildman–Crippen LogP) is 8.61. The molecule has 0 radical (unpaired) electrons. The second-order valence-electron chi connectivity index (χ2n) is 17.4. The van der Waals surface area contributed by atoms with E-state index in [1.165, 1.54) is 40.1 Å². The van der Waals surface area contributed by atoms with Crippen LogP contribution in [0.25, 0.3) is 12.2 Å². The van der Waals surface area contributed by atoms with Crippen LogP contribution >= 0.6 is 0 Å². The first-order valence-corrected chi connectivity index (χ1v) is 20.7. The zero-order chi connectivity index (χ0) is 40.8. The molecule has 8 atom stereocenters. The van der Waals surface area contributed by atoms with E-state index in [4.69, 9.17) is 29.3 Å². The van der Waals surface area contributed by atoms with Crippen LogP contribution in [0, 0.1) is 34.5 Å². The molecule has 3 aromatic rings. The maximum atomic E-state index is 13.3. The summed E-state index contributed by atoms with van der Waals surface area (Å²) in [7, 11) is 3.02. The van der Waals surface area contributed by atoms with E-state index >= 15 is 0 Å². The molecule has 0 saturated heterocycles. The van der Waals surface area contributed by atoms with Crippen LogP contribution in [0.1, 0.15) is 96.1 Å². The Morgan fingerprint density at radius 1 is 0.914 bits per heavy atom. The fourth-order valence-electron chi connectivity index (χ4n) is 11.3. The number of allylic oxidation sites excluding steroid dienone is 1. The quantitative estimate of drug-likeness (QED) is 0.181. The van der Waals surface area contributed by atoms with Crippen LogP contribution in [0.2, 0.25) is 0 Å². The van der Waals surface area contributed by atoms with Crippen LogP contribution in [0.4, 0.5) is 11.8 Å². The van der Waals surface area contributed by atoms with Gasteiger partial charge in [0.25, 0.3) is 5.56 Å². The fraction of sp³-hybridized carbons (Fsp3) is 0.500. The van der Waals surface area contributed by atoms with Gasteiger partial charge >= 0.3 is 5.97 Å². The number of phenols is 2. The van der Waals surface area contributed by atoms with Crippen molar-refractivity contribution in [2.45, 2.75) is 97.1 Å². The van der Waals surface area contributed by atoms with Crippen LogP contribution in [-0.4, -0.2) is 63.9 Å². The monoisotopic (exact) mass is 789 g/mol. The Bertz CT molecular complexity index is 2250. The summed E-state index contributed by atoms with van der Waals surface area (Å²) in [6.07, 6.45) is 18.0. The number of ether oxygens (including phenoxy) is 3. The van der Waals surface area contributed by atoms with E-state index < -0.39 is 0 Å². The van der Waals surface area contributed by atoms with E-state index in [9.17, 15) is 19.8 Å². The number of methoxy groups -OCH3 is 2. The second-order valence-corrected chi connectivity index (χ2v) is 17.4. The summed E-state index contributed by atoms with van der Waals surface area (Å²) in [5.74, 6) is 3.80. The van der Waals surface area contributed by atoms with E-state index in [0.29, 0.717) is 53.4 Å². The van der Waals surface area contributed by atoms with Crippen LogP contribution in [0.5, 0.6) is 23.0 Å². The second kappa shape index (κ2) is 15.8. The number of anilines is 1. The van der Waals surface area contributed by atoms with Crippen LogP contribution in [0.3, 0.4) is 0 Å². The molecule has 1 unspecified atom stereocenters. The van der Waals surface area contributed by atoms with Crippen molar-refractivity contribution in [2.24, 2.45) is 44.6 Å². The largest absolute Gasteiger partial charge is 0.504 e. The van der Waals surface area contributed by atoms with Gasteiger partial charge in [0.05, 0.1) is 26.0 Å². The number of benzene rings is 2. The van der Waals surface area contributed by atoms with Crippen molar-refractivity contribution in [1.82, 2.24) is 9.97 Å². The van der Waals surface area contributed by atoms with Gasteiger partial charge in [-0.2, -0.15) is 10.1 Å². The van der Waals surface area contributed by atoms with Crippen molar-refractivity contribution in [3.8, 4) is 23.0 Å². The van der Waals surface area contributed by atoms with Gasteiger partial charge < -0.3 is 24.4 Å². The number of aromatic amines is 1. The minimum absolute atomic E-state index is 0.0525. The lowest BCUT2D eigenvalue weighted by molar-refractivity contribution is -0.158. The van der Waals surface area contributed by atoms with Crippen molar-refractivity contribution >= 4 is 41.3 Å². The maximum Gasteiger partial charge on any atom is 0.302 e. The molecular weight excluding hydrogens is 735 g/mol. The molecule has 8 rings (SSSR count). The lowest BCUT2D eigenvalue weighted by Crippen LogP contribution is -2.54. The van der Waals surface area contributed by atoms with E-state index in [2.05, 4.69) is 18.8 Å². The highest BCUT2D eigenvalue weighted by Gasteiger charge is 2.59. The van der Waals surface area contributed by atoms with Gasteiger partial charge in [-0.25, -0.2) is 10.0 Å². The smallest absolute Gasteiger partial charge is 0.302 e. The van der Waals surface area contributed by atoms with Crippen molar-refractivity contribution in [2.75, 3.05) is 19.2 Å². The van der Waals surface area contributed by atoms with E-state index in [1.807, 2.05) is 24.3 Å². The van der Waals surface area contributed by atoms with Crippen LogP contribution < -0.4 is 20.0 Å². The predicted molar refractivity (Wildman–Crippen MR) is 225 cm³/mol. The number of carbonyl (C=O) groups excluding carboxylic acids is 1. The van der Waals surface area contributed by atoms with E-state index in [1.54, 1.807) is 41.4 Å². The molecule has 4 saturated carbocycles. The summed E-state index contributed by atoms with van der Waals surface area (Å²) in [5.41, 5.74) is 3.47. The highest BCUT2D eigenvalue weighted by molar-refractivity contribution is 6.01. The van der Waals surface area contributed by atoms with E-state index in [0.717, 1.165) is 67.5 Å². The summed E-state index contributed by atoms with van der Waals surface area (Å²) in [6, 6.07) is 11.5. The topological polar surface area (TPSA) is 159 Å². The Balaban J connectivity index is 1.06. The molecule has 0 spiro atoms.